The first-order valence-electron chi connectivity index (χ1n) is 6.31. The molecule has 0 saturated carbocycles. The van der Waals surface area contributed by atoms with Crippen molar-refractivity contribution < 1.29 is 24.3 Å². The summed E-state index contributed by atoms with van der Waals surface area (Å²) in [5.74, 6) is -2.06. The molecule has 0 spiro atoms. The highest BCUT2D eigenvalue weighted by atomic mass is 16.6. The molecule has 0 radical (unpaired) electrons. The Morgan fingerprint density at radius 3 is 2.14 bits per heavy atom. The number of hydroxylamine groups is 1. The van der Waals surface area contributed by atoms with Crippen LogP contribution >= 0.6 is 0 Å². The molecular formula is C15H19NO5. The van der Waals surface area contributed by atoms with Crippen molar-refractivity contribution in [3.63, 3.8) is 0 Å². The summed E-state index contributed by atoms with van der Waals surface area (Å²) < 4.78 is 5.20. The van der Waals surface area contributed by atoms with E-state index in [-0.39, 0.29) is 11.3 Å². The largest absolute Gasteiger partial charge is 0.478 e. The average molecular weight is 293 g/mol. The molecule has 6 heteroatoms. The van der Waals surface area contributed by atoms with Crippen LogP contribution in [-0.2, 0) is 19.2 Å². The van der Waals surface area contributed by atoms with Crippen LogP contribution in [0.1, 0.15) is 26.3 Å². The number of rotatable bonds is 5. The summed E-state index contributed by atoms with van der Waals surface area (Å²) in [4.78, 5) is 28.4. The van der Waals surface area contributed by atoms with E-state index in [2.05, 4.69) is 5.48 Å². The van der Waals surface area contributed by atoms with Crippen LogP contribution in [-0.4, -0.2) is 29.8 Å². The van der Waals surface area contributed by atoms with Crippen LogP contribution in [0.2, 0.25) is 0 Å². The van der Waals surface area contributed by atoms with Gasteiger partial charge < -0.3 is 9.84 Å². The van der Waals surface area contributed by atoms with E-state index in [1.54, 1.807) is 51.1 Å². The molecule has 114 valence electrons. The predicted molar refractivity (Wildman–Crippen MR) is 77.0 cm³/mol. The van der Waals surface area contributed by atoms with Gasteiger partial charge >= 0.3 is 11.9 Å². The monoisotopic (exact) mass is 293 g/mol. The van der Waals surface area contributed by atoms with Crippen molar-refractivity contribution in [1.82, 2.24) is 5.48 Å². The van der Waals surface area contributed by atoms with Crippen molar-refractivity contribution in [2.24, 2.45) is 0 Å². The van der Waals surface area contributed by atoms with Crippen LogP contribution in [0.3, 0.4) is 0 Å². The van der Waals surface area contributed by atoms with Crippen molar-refractivity contribution in [1.29, 1.82) is 0 Å². The van der Waals surface area contributed by atoms with Gasteiger partial charge in [0.2, 0.25) is 0 Å². The number of ether oxygens (including phenoxy) is 1. The quantitative estimate of drug-likeness (QED) is 0.490. The minimum absolute atomic E-state index is 0.216. The second kappa shape index (κ2) is 6.90. The summed E-state index contributed by atoms with van der Waals surface area (Å²) in [6, 6.07) is 8.28. The van der Waals surface area contributed by atoms with Gasteiger partial charge in [0.05, 0.1) is 12.7 Å². The first-order chi connectivity index (χ1) is 9.76. The number of carboxylic acid groups (broad SMARTS) is 1. The Morgan fingerprint density at radius 1 is 1.14 bits per heavy atom. The molecule has 2 N–H and O–H groups in total. The molecule has 0 aliphatic rings. The lowest BCUT2D eigenvalue weighted by molar-refractivity contribution is -0.152. The molecule has 1 aromatic rings. The van der Waals surface area contributed by atoms with Gasteiger partial charge in [-0.15, -0.1) is 0 Å². The van der Waals surface area contributed by atoms with Gasteiger partial charge in [0, 0.05) is 0 Å². The zero-order valence-corrected chi connectivity index (χ0v) is 12.5. The Labute approximate surface area is 123 Å². The van der Waals surface area contributed by atoms with E-state index in [9.17, 15) is 14.7 Å². The van der Waals surface area contributed by atoms with Crippen molar-refractivity contribution in [3.05, 3.63) is 41.6 Å². The fourth-order valence-electron chi connectivity index (χ4n) is 1.61. The Kier molecular flexibility index (Phi) is 5.49. The third-order valence-corrected chi connectivity index (χ3v) is 2.33. The van der Waals surface area contributed by atoms with E-state index in [0.717, 1.165) is 0 Å². The van der Waals surface area contributed by atoms with Crippen LogP contribution in [0, 0.1) is 0 Å². The second-order valence-corrected chi connectivity index (χ2v) is 5.23. The van der Waals surface area contributed by atoms with E-state index in [0.29, 0.717) is 5.56 Å². The lowest BCUT2D eigenvalue weighted by atomic mass is 10.0. The third kappa shape index (κ3) is 4.92. The molecule has 0 atom stereocenters. The van der Waals surface area contributed by atoms with Crippen molar-refractivity contribution >= 4 is 17.5 Å². The maximum absolute atomic E-state index is 12.2. The number of aliphatic carboxylic acids is 1. The van der Waals surface area contributed by atoms with E-state index in [4.69, 9.17) is 9.57 Å². The summed E-state index contributed by atoms with van der Waals surface area (Å²) in [7, 11) is 1.29. The molecule has 0 aliphatic heterocycles. The number of carbonyl (C=O) groups is 2. The maximum atomic E-state index is 12.2. The lowest BCUT2D eigenvalue weighted by Gasteiger charge is -2.21. The molecule has 6 nitrogen and oxygen atoms in total. The van der Waals surface area contributed by atoms with Crippen LogP contribution in [0.25, 0.3) is 5.57 Å². The molecule has 21 heavy (non-hydrogen) atoms. The molecule has 0 heterocycles. The zero-order chi connectivity index (χ0) is 16.0. The highest BCUT2D eigenvalue weighted by Gasteiger charge is 2.27. The lowest BCUT2D eigenvalue weighted by Crippen LogP contribution is -2.31. The standard InChI is InChI=1S/C15H19NO5/c1-15(2,3)21-14(19)12(16-20-4)11(13(17)18)10-8-6-5-7-9-10/h5-9,16H,1-4H3,(H,17,18). The average Bonchev–Trinajstić information content (AvgIpc) is 2.37. The van der Waals surface area contributed by atoms with Crippen LogP contribution < -0.4 is 5.48 Å². The Bertz CT molecular complexity index is 543. The van der Waals surface area contributed by atoms with Crippen LogP contribution in [0.15, 0.2) is 36.0 Å². The first kappa shape index (κ1) is 16.7. The van der Waals surface area contributed by atoms with Gasteiger partial charge in [0.1, 0.15) is 5.60 Å². The minimum atomic E-state index is -1.26. The normalized spacial score (nSPS) is 12.4. The number of benzene rings is 1. The minimum Gasteiger partial charge on any atom is -0.478 e. The third-order valence-electron chi connectivity index (χ3n) is 2.33. The van der Waals surface area contributed by atoms with E-state index >= 15 is 0 Å². The van der Waals surface area contributed by atoms with E-state index < -0.39 is 17.5 Å². The summed E-state index contributed by atoms with van der Waals surface area (Å²) >= 11 is 0. The fourth-order valence-corrected chi connectivity index (χ4v) is 1.61. The van der Waals surface area contributed by atoms with Crippen LogP contribution in [0.4, 0.5) is 0 Å². The molecule has 0 saturated heterocycles. The molecule has 0 fully saturated rings. The number of nitrogens with one attached hydrogen (secondary N) is 1. The molecule has 0 amide bonds. The smallest absolute Gasteiger partial charge is 0.358 e. The SMILES string of the molecule is CONC(C(=O)OC(C)(C)C)=C(C(=O)O)c1ccccc1. The van der Waals surface area contributed by atoms with Gasteiger partial charge in [-0.3, -0.25) is 10.3 Å². The maximum Gasteiger partial charge on any atom is 0.358 e. The van der Waals surface area contributed by atoms with Gasteiger partial charge in [0.25, 0.3) is 0 Å². The summed E-state index contributed by atoms with van der Waals surface area (Å²) in [5, 5.41) is 9.41. The number of carbonyl (C=O) groups excluding carboxylic acids is 1. The number of carboxylic acids is 1. The molecule has 0 unspecified atom stereocenters. The van der Waals surface area contributed by atoms with Crippen LogP contribution in [0.5, 0.6) is 0 Å². The van der Waals surface area contributed by atoms with Gasteiger partial charge in [0.15, 0.2) is 5.70 Å². The molecule has 0 bridgehead atoms. The van der Waals surface area contributed by atoms with E-state index in [1.165, 1.54) is 7.11 Å². The Hall–Kier alpha value is -2.34. The number of esters is 1. The molecule has 0 aliphatic carbocycles. The second-order valence-electron chi connectivity index (χ2n) is 5.23. The highest BCUT2D eigenvalue weighted by Crippen LogP contribution is 2.20. The highest BCUT2D eigenvalue weighted by molar-refractivity contribution is 6.21. The predicted octanol–water partition coefficient (Wildman–Crippen LogP) is 1.97. The molecular weight excluding hydrogens is 274 g/mol. The summed E-state index contributed by atoms with van der Waals surface area (Å²) in [6.45, 7) is 5.08. The van der Waals surface area contributed by atoms with Crippen molar-refractivity contribution in [2.75, 3.05) is 7.11 Å². The van der Waals surface area contributed by atoms with E-state index in [1.807, 2.05) is 0 Å². The zero-order valence-electron chi connectivity index (χ0n) is 12.5. The molecule has 0 aromatic heterocycles. The van der Waals surface area contributed by atoms with Gasteiger partial charge in [-0.1, -0.05) is 30.3 Å². The van der Waals surface area contributed by atoms with Crippen molar-refractivity contribution in [3.8, 4) is 0 Å². The first-order valence-corrected chi connectivity index (χ1v) is 6.31. The molecule has 1 rings (SSSR count). The Morgan fingerprint density at radius 2 is 1.71 bits per heavy atom. The Balaban J connectivity index is 3.35. The number of hydrogen-bond acceptors (Lipinski definition) is 5. The van der Waals surface area contributed by atoms with Crippen molar-refractivity contribution in [2.45, 2.75) is 26.4 Å². The number of hydrogen-bond donors (Lipinski definition) is 2. The van der Waals surface area contributed by atoms with Gasteiger partial charge in [-0.2, -0.15) is 0 Å². The molecule has 1 aromatic carbocycles. The summed E-state index contributed by atoms with van der Waals surface area (Å²) in [5.41, 5.74) is 1.45. The fraction of sp³-hybridized carbons (Fsp3) is 0.333. The van der Waals surface area contributed by atoms with Gasteiger partial charge in [-0.25, -0.2) is 9.59 Å². The summed E-state index contributed by atoms with van der Waals surface area (Å²) in [6.07, 6.45) is 0. The van der Waals surface area contributed by atoms with Gasteiger partial charge in [-0.05, 0) is 26.3 Å². The topological polar surface area (TPSA) is 84.9 Å².